The van der Waals surface area contributed by atoms with E-state index in [0.717, 1.165) is 5.39 Å². The quantitative estimate of drug-likeness (QED) is 0.795. The van der Waals surface area contributed by atoms with Gasteiger partial charge < -0.3 is 19.9 Å². The van der Waals surface area contributed by atoms with E-state index in [0.29, 0.717) is 30.7 Å². The van der Waals surface area contributed by atoms with Crippen LogP contribution in [0.5, 0.6) is 0 Å². The molecule has 1 aliphatic heterocycles. The van der Waals surface area contributed by atoms with E-state index >= 15 is 0 Å². The first-order chi connectivity index (χ1) is 12.0. The number of hydrogen-bond acceptors (Lipinski definition) is 6. The van der Waals surface area contributed by atoms with Gasteiger partial charge in [0.2, 0.25) is 5.91 Å². The van der Waals surface area contributed by atoms with Crippen LogP contribution in [0.2, 0.25) is 0 Å². The van der Waals surface area contributed by atoms with Gasteiger partial charge in [-0.25, -0.2) is 0 Å². The number of carbonyl (C=O) groups is 3. The van der Waals surface area contributed by atoms with E-state index in [4.69, 9.17) is 15.0 Å². The Balaban J connectivity index is 1.52. The van der Waals surface area contributed by atoms with Gasteiger partial charge in [0.15, 0.2) is 12.2 Å². The van der Waals surface area contributed by atoms with Crippen LogP contribution in [0.4, 0.5) is 0 Å². The Morgan fingerprint density at radius 2 is 2.12 bits per heavy atom. The first-order valence-electron chi connectivity index (χ1n) is 8.10. The Labute approximate surface area is 143 Å². The second-order valence-electron chi connectivity index (χ2n) is 6.04. The average molecular weight is 345 g/mol. The van der Waals surface area contributed by atoms with Crippen LogP contribution < -0.4 is 5.73 Å². The standard InChI is InChI=1S/C17H19N3O5/c18-17(23)11-4-3-7-20(9-11)15(21)10-24-16(22)8-13-12-5-1-2-6-14(12)25-19-13/h1-2,5-6,11H,3-4,7-10H2,(H2,18,23)/t11-/m0/s1. The van der Waals surface area contributed by atoms with Gasteiger partial charge in [-0.2, -0.15) is 0 Å². The van der Waals surface area contributed by atoms with Gasteiger partial charge in [0.1, 0.15) is 5.69 Å². The number of nitrogens with two attached hydrogens (primary N) is 1. The molecule has 1 atom stereocenters. The number of likely N-dealkylation sites (tertiary alicyclic amines) is 1. The fourth-order valence-electron chi connectivity index (χ4n) is 2.92. The molecule has 3 rings (SSSR count). The van der Waals surface area contributed by atoms with E-state index in [1.54, 1.807) is 12.1 Å². The Kier molecular flexibility index (Phi) is 4.97. The number of nitrogens with zero attached hydrogens (tertiary/aromatic N) is 2. The second kappa shape index (κ2) is 7.33. The maximum absolute atomic E-state index is 12.1. The number of aromatic nitrogens is 1. The summed E-state index contributed by atoms with van der Waals surface area (Å²) in [6, 6.07) is 7.19. The average Bonchev–Trinajstić information content (AvgIpc) is 3.03. The lowest BCUT2D eigenvalue weighted by Gasteiger charge is -2.31. The SMILES string of the molecule is NC(=O)[C@H]1CCCN(C(=O)COC(=O)Cc2noc3ccccc23)C1. The summed E-state index contributed by atoms with van der Waals surface area (Å²) in [5.74, 6) is -1.64. The summed E-state index contributed by atoms with van der Waals surface area (Å²) in [6.45, 7) is 0.452. The van der Waals surface area contributed by atoms with E-state index in [1.807, 2.05) is 12.1 Å². The topological polar surface area (TPSA) is 116 Å². The highest BCUT2D eigenvalue weighted by molar-refractivity contribution is 5.86. The predicted molar refractivity (Wildman–Crippen MR) is 87.2 cm³/mol. The first kappa shape index (κ1) is 16.9. The molecule has 0 spiro atoms. The highest BCUT2D eigenvalue weighted by Crippen LogP contribution is 2.19. The summed E-state index contributed by atoms with van der Waals surface area (Å²) in [5, 5.41) is 4.60. The molecule has 0 radical (unpaired) electrons. The van der Waals surface area contributed by atoms with E-state index < -0.39 is 11.9 Å². The van der Waals surface area contributed by atoms with Gasteiger partial charge in [0.25, 0.3) is 5.91 Å². The molecule has 2 heterocycles. The number of rotatable bonds is 5. The van der Waals surface area contributed by atoms with Crippen molar-refractivity contribution < 1.29 is 23.6 Å². The van der Waals surface area contributed by atoms with E-state index in [9.17, 15) is 14.4 Å². The molecule has 1 aromatic heterocycles. The van der Waals surface area contributed by atoms with Crippen LogP contribution in [-0.4, -0.2) is 47.5 Å². The summed E-state index contributed by atoms with van der Waals surface area (Å²) in [7, 11) is 0. The monoisotopic (exact) mass is 345 g/mol. The minimum Gasteiger partial charge on any atom is -0.455 e. The van der Waals surface area contributed by atoms with Crippen molar-refractivity contribution in [2.45, 2.75) is 19.3 Å². The van der Waals surface area contributed by atoms with Crippen LogP contribution in [-0.2, 0) is 25.5 Å². The number of fused-ring (bicyclic) bond motifs is 1. The van der Waals surface area contributed by atoms with E-state index in [2.05, 4.69) is 5.16 Å². The molecule has 2 aromatic rings. The molecule has 8 nitrogen and oxygen atoms in total. The van der Waals surface area contributed by atoms with Crippen LogP contribution in [0.1, 0.15) is 18.5 Å². The predicted octanol–water partition coefficient (Wildman–Crippen LogP) is 0.637. The molecule has 1 aromatic carbocycles. The Morgan fingerprint density at radius 1 is 1.32 bits per heavy atom. The van der Waals surface area contributed by atoms with Gasteiger partial charge >= 0.3 is 5.97 Å². The molecule has 1 saturated heterocycles. The van der Waals surface area contributed by atoms with Crippen molar-refractivity contribution in [1.29, 1.82) is 0 Å². The van der Waals surface area contributed by atoms with E-state index in [1.165, 1.54) is 4.90 Å². The van der Waals surface area contributed by atoms with Gasteiger partial charge in [-0.15, -0.1) is 0 Å². The molecule has 0 unspecified atom stereocenters. The molecule has 8 heteroatoms. The second-order valence-corrected chi connectivity index (χ2v) is 6.04. The zero-order valence-corrected chi connectivity index (χ0v) is 13.6. The fourth-order valence-corrected chi connectivity index (χ4v) is 2.92. The number of benzene rings is 1. The normalized spacial score (nSPS) is 17.4. The smallest absolute Gasteiger partial charge is 0.312 e. The molecule has 2 amide bonds. The number of ether oxygens (including phenoxy) is 1. The van der Waals surface area contributed by atoms with Crippen LogP contribution in [0.15, 0.2) is 28.8 Å². The number of para-hydroxylation sites is 1. The number of piperidine rings is 1. The zero-order valence-electron chi connectivity index (χ0n) is 13.6. The largest absolute Gasteiger partial charge is 0.455 e. The molecule has 1 aliphatic rings. The molecule has 0 aliphatic carbocycles. The van der Waals surface area contributed by atoms with Crippen molar-refractivity contribution >= 4 is 28.8 Å². The van der Waals surface area contributed by atoms with Crippen LogP contribution in [0.25, 0.3) is 11.0 Å². The number of primary amides is 1. The summed E-state index contributed by atoms with van der Waals surface area (Å²) in [5.41, 5.74) is 6.36. The van der Waals surface area contributed by atoms with Gasteiger partial charge in [-0.1, -0.05) is 17.3 Å². The molecule has 1 fully saturated rings. The van der Waals surface area contributed by atoms with Gasteiger partial charge in [-0.3, -0.25) is 14.4 Å². The van der Waals surface area contributed by atoms with Crippen LogP contribution in [0, 0.1) is 5.92 Å². The molecule has 2 N–H and O–H groups in total. The Bertz CT molecular complexity index is 800. The molecule has 0 saturated carbocycles. The van der Waals surface area contributed by atoms with Crippen molar-refractivity contribution in [2.75, 3.05) is 19.7 Å². The minimum atomic E-state index is -0.559. The summed E-state index contributed by atoms with van der Waals surface area (Å²) in [6.07, 6.45) is 1.31. The Hall–Kier alpha value is -2.90. The number of carbonyl (C=O) groups excluding carboxylic acids is 3. The highest BCUT2D eigenvalue weighted by Gasteiger charge is 2.27. The van der Waals surface area contributed by atoms with Crippen molar-refractivity contribution in [2.24, 2.45) is 11.7 Å². The number of esters is 1. The molecule has 25 heavy (non-hydrogen) atoms. The first-order valence-corrected chi connectivity index (χ1v) is 8.10. The highest BCUT2D eigenvalue weighted by atomic mass is 16.5. The lowest BCUT2D eigenvalue weighted by Crippen LogP contribution is -2.45. The third-order valence-electron chi connectivity index (χ3n) is 4.30. The number of amides is 2. The van der Waals surface area contributed by atoms with Gasteiger partial charge in [0, 0.05) is 18.5 Å². The lowest BCUT2D eigenvalue weighted by atomic mass is 9.97. The van der Waals surface area contributed by atoms with Crippen molar-refractivity contribution in [1.82, 2.24) is 10.1 Å². The Morgan fingerprint density at radius 3 is 2.92 bits per heavy atom. The summed E-state index contributed by atoms with van der Waals surface area (Å²) < 4.78 is 10.2. The maximum Gasteiger partial charge on any atom is 0.312 e. The zero-order chi connectivity index (χ0) is 17.8. The third kappa shape index (κ3) is 3.96. The van der Waals surface area contributed by atoms with Crippen molar-refractivity contribution in [3.8, 4) is 0 Å². The summed E-state index contributed by atoms with van der Waals surface area (Å²) >= 11 is 0. The molecule has 132 valence electrons. The van der Waals surface area contributed by atoms with Gasteiger partial charge in [0.05, 0.1) is 12.3 Å². The lowest BCUT2D eigenvalue weighted by molar-refractivity contribution is -0.152. The maximum atomic E-state index is 12.1. The summed E-state index contributed by atoms with van der Waals surface area (Å²) in [4.78, 5) is 36.9. The van der Waals surface area contributed by atoms with E-state index in [-0.39, 0.29) is 31.4 Å². The number of hydrogen-bond donors (Lipinski definition) is 1. The van der Waals surface area contributed by atoms with Crippen LogP contribution in [0.3, 0.4) is 0 Å². The van der Waals surface area contributed by atoms with Crippen molar-refractivity contribution in [3.05, 3.63) is 30.0 Å². The van der Waals surface area contributed by atoms with Crippen LogP contribution >= 0.6 is 0 Å². The molecule has 0 bridgehead atoms. The fraction of sp³-hybridized carbons (Fsp3) is 0.412. The third-order valence-corrected chi connectivity index (χ3v) is 4.30. The van der Waals surface area contributed by atoms with Crippen molar-refractivity contribution in [3.63, 3.8) is 0 Å². The minimum absolute atomic E-state index is 0.0752. The molecular weight excluding hydrogens is 326 g/mol. The molecular formula is C17H19N3O5. The van der Waals surface area contributed by atoms with Gasteiger partial charge in [-0.05, 0) is 25.0 Å².